The van der Waals surface area contributed by atoms with Gasteiger partial charge in [0.15, 0.2) is 0 Å². The van der Waals surface area contributed by atoms with Crippen LogP contribution in [0, 0.1) is 10.8 Å². The van der Waals surface area contributed by atoms with Gasteiger partial charge in [-0.1, -0.05) is 13.8 Å². The smallest absolute Gasteiger partial charge is 0.310 e. The number of carboxylic acid groups (broad SMARTS) is 1. The molecule has 1 aliphatic rings. The number of ketones is 1. The third kappa shape index (κ3) is 1.04. The highest BCUT2D eigenvalue weighted by Gasteiger charge is 2.54. The van der Waals surface area contributed by atoms with Crippen LogP contribution >= 0.6 is 0 Å². The lowest BCUT2D eigenvalue weighted by molar-refractivity contribution is -0.153. The first-order chi connectivity index (χ1) is 5.29. The van der Waals surface area contributed by atoms with Crippen molar-refractivity contribution >= 4 is 11.8 Å². The average Bonchev–Trinajstić information content (AvgIpc) is 2.02. The maximum absolute atomic E-state index is 11.1. The Kier molecular flexibility index (Phi) is 1.78. The molecule has 68 valence electrons. The molecule has 1 atom stereocenters. The zero-order valence-corrected chi connectivity index (χ0v) is 7.68. The van der Waals surface area contributed by atoms with Gasteiger partial charge in [-0.05, 0) is 12.3 Å². The van der Waals surface area contributed by atoms with Crippen LogP contribution in [-0.2, 0) is 9.59 Å². The van der Waals surface area contributed by atoms with E-state index in [9.17, 15) is 9.59 Å². The van der Waals surface area contributed by atoms with Gasteiger partial charge >= 0.3 is 5.97 Å². The number of aliphatic carboxylic acids is 1. The monoisotopic (exact) mass is 170 g/mol. The Bertz CT molecular complexity index is 242. The Balaban J connectivity index is 3.05. The van der Waals surface area contributed by atoms with Crippen LogP contribution in [-0.4, -0.2) is 16.9 Å². The maximum Gasteiger partial charge on any atom is 0.310 e. The van der Waals surface area contributed by atoms with Gasteiger partial charge in [0.1, 0.15) is 5.78 Å². The second-order valence-corrected chi connectivity index (χ2v) is 4.41. The minimum atomic E-state index is -0.871. The fourth-order valence-corrected chi connectivity index (χ4v) is 1.75. The summed E-state index contributed by atoms with van der Waals surface area (Å²) in [6.45, 7) is 5.33. The topological polar surface area (TPSA) is 54.4 Å². The number of carboxylic acids is 1. The van der Waals surface area contributed by atoms with Crippen molar-refractivity contribution in [2.24, 2.45) is 10.8 Å². The number of hydrogen-bond acceptors (Lipinski definition) is 2. The summed E-state index contributed by atoms with van der Waals surface area (Å²) in [7, 11) is 0. The van der Waals surface area contributed by atoms with Crippen LogP contribution in [0.1, 0.15) is 33.6 Å². The fourth-order valence-electron chi connectivity index (χ4n) is 1.75. The van der Waals surface area contributed by atoms with Crippen molar-refractivity contribution in [2.75, 3.05) is 0 Å². The van der Waals surface area contributed by atoms with E-state index in [-0.39, 0.29) is 12.2 Å². The number of rotatable bonds is 1. The summed E-state index contributed by atoms with van der Waals surface area (Å²) >= 11 is 0. The van der Waals surface area contributed by atoms with E-state index < -0.39 is 16.8 Å². The van der Waals surface area contributed by atoms with E-state index in [1.54, 1.807) is 6.92 Å². The molecule has 3 nitrogen and oxygen atoms in total. The van der Waals surface area contributed by atoms with E-state index in [4.69, 9.17) is 5.11 Å². The van der Waals surface area contributed by atoms with Crippen molar-refractivity contribution in [2.45, 2.75) is 33.6 Å². The zero-order chi connectivity index (χ0) is 9.57. The molecule has 0 spiro atoms. The highest BCUT2D eigenvalue weighted by Crippen LogP contribution is 2.50. The first-order valence-corrected chi connectivity index (χ1v) is 4.05. The van der Waals surface area contributed by atoms with Gasteiger partial charge in [-0.15, -0.1) is 0 Å². The molecule has 3 heteroatoms. The van der Waals surface area contributed by atoms with Gasteiger partial charge in [-0.2, -0.15) is 0 Å². The summed E-state index contributed by atoms with van der Waals surface area (Å²) in [5.41, 5.74) is -1.28. The van der Waals surface area contributed by atoms with Gasteiger partial charge < -0.3 is 5.11 Å². The second kappa shape index (κ2) is 2.31. The molecule has 0 saturated heterocycles. The van der Waals surface area contributed by atoms with Crippen molar-refractivity contribution in [3.63, 3.8) is 0 Å². The van der Waals surface area contributed by atoms with E-state index >= 15 is 0 Å². The van der Waals surface area contributed by atoms with Crippen LogP contribution in [0.3, 0.4) is 0 Å². The van der Waals surface area contributed by atoms with Crippen LogP contribution in [0.15, 0.2) is 0 Å². The van der Waals surface area contributed by atoms with E-state index in [1.807, 2.05) is 13.8 Å². The van der Waals surface area contributed by atoms with Crippen LogP contribution in [0.5, 0.6) is 0 Å². The highest BCUT2D eigenvalue weighted by atomic mass is 16.4. The summed E-state index contributed by atoms with van der Waals surface area (Å²) in [6, 6.07) is 0. The minimum Gasteiger partial charge on any atom is -0.481 e. The molecule has 0 amide bonds. The lowest BCUT2D eigenvalue weighted by Crippen LogP contribution is -2.37. The van der Waals surface area contributed by atoms with Gasteiger partial charge in [-0.25, -0.2) is 0 Å². The van der Waals surface area contributed by atoms with E-state index in [0.717, 1.165) is 0 Å². The molecule has 0 bridgehead atoms. The molecule has 0 radical (unpaired) electrons. The Morgan fingerprint density at radius 2 is 1.83 bits per heavy atom. The van der Waals surface area contributed by atoms with E-state index in [0.29, 0.717) is 6.42 Å². The standard InChI is InChI=1S/C9H14O3/c1-8(2)4-6(10)5-9(8,3)7(11)12/h4-5H2,1-3H3,(H,11,12). The number of Topliss-reactive ketones (excluding diaryl/α,β-unsaturated/α-hetero) is 1. The van der Waals surface area contributed by atoms with Crippen molar-refractivity contribution in [3.8, 4) is 0 Å². The van der Waals surface area contributed by atoms with Gasteiger partial charge in [-0.3, -0.25) is 9.59 Å². The minimum absolute atomic E-state index is 0.0601. The molecule has 1 unspecified atom stereocenters. The van der Waals surface area contributed by atoms with Gasteiger partial charge in [0, 0.05) is 12.8 Å². The highest BCUT2D eigenvalue weighted by molar-refractivity contribution is 5.91. The molecule has 1 aliphatic carbocycles. The molecule has 1 N–H and O–H groups in total. The summed E-state index contributed by atoms with van der Waals surface area (Å²) < 4.78 is 0. The van der Waals surface area contributed by atoms with Gasteiger partial charge in [0.05, 0.1) is 5.41 Å². The Morgan fingerprint density at radius 3 is 2.00 bits per heavy atom. The molecule has 1 saturated carbocycles. The zero-order valence-electron chi connectivity index (χ0n) is 7.68. The van der Waals surface area contributed by atoms with Crippen molar-refractivity contribution in [1.29, 1.82) is 0 Å². The molecular weight excluding hydrogens is 156 g/mol. The summed E-state index contributed by atoms with van der Waals surface area (Å²) in [4.78, 5) is 22.0. The second-order valence-electron chi connectivity index (χ2n) is 4.41. The Hall–Kier alpha value is -0.860. The van der Waals surface area contributed by atoms with E-state index in [1.165, 1.54) is 0 Å². The number of hydrogen-bond donors (Lipinski definition) is 1. The van der Waals surface area contributed by atoms with E-state index in [2.05, 4.69) is 0 Å². The van der Waals surface area contributed by atoms with Crippen molar-refractivity contribution in [1.82, 2.24) is 0 Å². The van der Waals surface area contributed by atoms with Crippen LogP contribution in [0.4, 0.5) is 0 Å². The molecule has 0 aromatic carbocycles. The molecule has 1 fully saturated rings. The van der Waals surface area contributed by atoms with Crippen molar-refractivity contribution in [3.05, 3.63) is 0 Å². The molecule has 0 heterocycles. The predicted octanol–water partition coefficient (Wildman–Crippen LogP) is 1.47. The maximum atomic E-state index is 11.1. The fraction of sp³-hybridized carbons (Fsp3) is 0.778. The average molecular weight is 170 g/mol. The van der Waals surface area contributed by atoms with Crippen LogP contribution < -0.4 is 0 Å². The summed E-state index contributed by atoms with van der Waals surface area (Å²) in [5, 5.41) is 8.97. The van der Waals surface area contributed by atoms with Gasteiger partial charge in [0.2, 0.25) is 0 Å². The van der Waals surface area contributed by atoms with Crippen LogP contribution in [0.25, 0.3) is 0 Å². The molecular formula is C9H14O3. The molecule has 1 rings (SSSR count). The third-order valence-electron chi connectivity index (χ3n) is 3.16. The lowest BCUT2D eigenvalue weighted by Gasteiger charge is -2.32. The predicted molar refractivity (Wildman–Crippen MR) is 43.8 cm³/mol. The first kappa shape index (κ1) is 9.23. The number of carbonyl (C=O) groups is 2. The normalized spacial score (nSPS) is 33.8. The Labute approximate surface area is 71.8 Å². The SMILES string of the molecule is CC1(C)CC(=O)CC1(C)C(=O)O. The third-order valence-corrected chi connectivity index (χ3v) is 3.16. The molecule has 0 aromatic heterocycles. The lowest BCUT2D eigenvalue weighted by atomic mass is 9.69. The summed E-state index contributed by atoms with van der Waals surface area (Å²) in [6.07, 6.45) is 0.561. The van der Waals surface area contributed by atoms with Crippen molar-refractivity contribution < 1.29 is 14.7 Å². The Morgan fingerprint density at radius 1 is 1.33 bits per heavy atom. The number of carbonyl (C=O) groups excluding carboxylic acids is 1. The molecule has 12 heavy (non-hydrogen) atoms. The van der Waals surface area contributed by atoms with Gasteiger partial charge in [0.25, 0.3) is 0 Å². The largest absolute Gasteiger partial charge is 0.481 e. The summed E-state index contributed by atoms with van der Waals surface area (Å²) in [5.74, 6) is -0.803. The quantitative estimate of drug-likeness (QED) is 0.648. The molecule has 0 aliphatic heterocycles. The first-order valence-electron chi connectivity index (χ1n) is 4.05. The van der Waals surface area contributed by atoms with Crippen LogP contribution in [0.2, 0.25) is 0 Å². The molecule has 0 aromatic rings.